The molecule has 0 saturated carbocycles. The van der Waals surface area contributed by atoms with E-state index in [9.17, 15) is 0 Å². The summed E-state index contributed by atoms with van der Waals surface area (Å²) >= 11 is 0. The van der Waals surface area contributed by atoms with Gasteiger partial charge in [0, 0.05) is 17.9 Å². The third-order valence-corrected chi connectivity index (χ3v) is 2.92. The fourth-order valence-corrected chi connectivity index (χ4v) is 1.96. The Bertz CT molecular complexity index is 564. The number of aryl methyl sites for hydroxylation is 1. The Morgan fingerprint density at radius 2 is 2.15 bits per heavy atom. The molecule has 2 N–H and O–H groups in total. The Hall–Kier alpha value is -1.95. The van der Waals surface area contributed by atoms with Gasteiger partial charge >= 0.3 is 0 Å². The summed E-state index contributed by atoms with van der Waals surface area (Å²) in [7, 11) is 0. The summed E-state index contributed by atoms with van der Waals surface area (Å²) in [5.74, 6) is 1.28. The lowest BCUT2D eigenvalue weighted by Crippen LogP contribution is -2.12. The highest BCUT2D eigenvalue weighted by atomic mass is 16.5. The van der Waals surface area contributed by atoms with Gasteiger partial charge in [0.1, 0.15) is 0 Å². The number of anilines is 1. The van der Waals surface area contributed by atoms with Gasteiger partial charge in [0.15, 0.2) is 5.82 Å². The quantitative estimate of drug-likeness (QED) is 0.643. The molecule has 20 heavy (non-hydrogen) atoms. The van der Waals surface area contributed by atoms with E-state index >= 15 is 0 Å². The molecule has 1 aromatic heterocycles. The zero-order valence-electron chi connectivity index (χ0n) is 12.2. The van der Waals surface area contributed by atoms with Crippen LogP contribution in [-0.2, 0) is 11.3 Å². The summed E-state index contributed by atoms with van der Waals surface area (Å²) in [5.41, 5.74) is 8.56. The number of aromatic nitrogens is 4. The Balaban J connectivity index is 2.08. The molecule has 0 aliphatic heterocycles. The SMILES string of the molecule is Cc1cc(N)ccc1-c1nnnn1CCOCC(C)C. The van der Waals surface area contributed by atoms with E-state index in [0.29, 0.717) is 19.1 Å². The average molecular weight is 275 g/mol. The van der Waals surface area contributed by atoms with E-state index in [4.69, 9.17) is 10.5 Å². The molecule has 0 atom stereocenters. The molecule has 0 aliphatic rings. The Kier molecular flexibility index (Phi) is 4.68. The summed E-state index contributed by atoms with van der Waals surface area (Å²) in [6.07, 6.45) is 0. The van der Waals surface area contributed by atoms with Gasteiger partial charge in [-0.1, -0.05) is 13.8 Å². The molecule has 0 unspecified atom stereocenters. The van der Waals surface area contributed by atoms with Crippen molar-refractivity contribution in [2.75, 3.05) is 18.9 Å². The lowest BCUT2D eigenvalue weighted by Gasteiger charge is -2.09. The van der Waals surface area contributed by atoms with Gasteiger partial charge in [-0.25, -0.2) is 4.68 Å². The van der Waals surface area contributed by atoms with E-state index in [1.165, 1.54) is 0 Å². The molecule has 0 bridgehead atoms. The molecule has 2 aromatic rings. The smallest absolute Gasteiger partial charge is 0.182 e. The van der Waals surface area contributed by atoms with Crippen LogP contribution >= 0.6 is 0 Å². The molecule has 0 fully saturated rings. The summed E-state index contributed by atoms with van der Waals surface area (Å²) in [6, 6.07) is 5.72. The van der Waals surface area contributed by atoms with Crippen molar-refractivity contribution in [3.63, 3.8) is 0 Å². The second-order valence-corrected chi connectivity index (χ2v) is 5.27. The van der Waals surface area contributed by atoms with E-state index < -0.39 is 0 Å². The number of benzene rings is 1. The van der Waals surface area contributed by atoms with E-state index in [1.807, 2.05) is 25.1 Å². The fraction of sp³-hybridized carbons (Fsp3) is 0.500. The van der Waals surface area contributed by atoms with E-state index in [-0.39, 0.29) is 0 Å². The van der Waals surface area contributed by atoms with Crippen LogP contribution in [0.5, 0.6) is 0 Å². The van der Waals surface area contributed by atoms with Crippen molar-refractivity contribution in [1.29, 1.82) is 0 Å². The van der Waals surface area contributed by atoms with E-state index in [1.54, 1.807) is 4.68 Å². The van der Waals surface area contributed by atoms with Crippen LogP contribution in [-0.4, -0.2) is 33.4 Å². The first-order chi connectivity index (χ1) is 9.58. The predicted octanol–water partition coefficient (Wildman–Crippen LogP) is 1.90. The van der Waals surface area contributed by atoms with Crippen LogP contribution < -0.4 is 5.73 Å². The lowest BCUT2D eigenvalue weighted by atomic mass is 10.1. The van der Waals surface area contributed by atoms with Crippen molar-refractivity contribution in [3.8, 4) is 11.4 Å². The van der Waals surface area contributed by atoms with Crippen molar-refractivity contribution in [1.82, 2.24) is 20.2 Å². The van der Waals surface area contributed by atoms with Crippen molar-refractivity contribution in [3.05, 3.63) is 23.8 Å². The highest BCUT2D eigenvalue weighted by Gasteiger charge is 2.11. The Labute approximate surface area is 118 Å². The van der Waals surface area contributed by atoms with Crippen LogP contribution in [0.25, 0.3) is 11.4 Å². The molecule has 0 spiro atoms. The fourth-order valence-electron chi connectivity index (χ4n) is 1.96. The summed E-state index contributed by atoms with van der Waals surface area (Å²) in [4.78, 5) is 0. The summed E-state index contributed by atoms with van der Waals surface area (Å²) < 4.78 is 7.33. The van der Waals surface area contributed by atoms with Crippen LogP contribution in [0.4, 0.5) is 5.69 Å². The number of nitrogen functional groups attached to an aromatic ring is 1. The van der Waals surface area contributed by atoms with Crippen molar-refractivity contribution < 1.29 is 4.74 Å². The Morgan fingerprint density at radius 1 is 1.35 bits per heavy atom. The van der Waals surface area contributed by atoms with E-state index in [0.717, 1.165) is 29.2 Å². The first kappa shape index (κ1) is 14.5. The number of hydrogen-bond acceptors (Lipinski definition) is 5. The van der Waals surface area contributed by atoms with Gasteiger partial charge in [0.05, 0.1) is 13.2 Å². The zero-order valence-corrected chi connectivity index (χ0v) is 12.2. The van der Waals surface area contributed by atoms with Gasteiger partial charge in [-0.3, -0.25) is 0 Å². The topological polar surface area (TPSA) is 78.9 Å². The van der Waals surface area contributed by atoms with Gasteiger partial charge in [-0.05, 0) is 47.0 Å². The molecular formula is C14H21N5O. The second-order valence-electron chi connectivity index (χ2n) is 5.27. The van der Waals surface area contributed by atoms with Crippen molar-refractivity contribution >= 4 is 5.69 Å². The van der Waals surface area contributed by atoms with Crippen LogP contribution in [0.1, 0.15) is 19.4 Å². The second kappa shape index (κ2) is 6.47. The molecule has 1 heterocycles. The maximum absolute atomic E-state index is 5.77. The molecule has 2 rings (SSSR count). The largest absolute Gasteiger partial charge is 0.399 e. The number of hydrogen-bond donors (Lipinski definition) is 1. The highest BCUT2D eigenvalue weighted by Crippen LogP contribution is 2.22. The summed E-state index contributed by atoms with van der Waals surface area (Å²) in [5, 5.41) is 11.9. The molecule has 0 radical (unpaired) electrons. The predicted molar refractivity (Wildman–Crippen MR) is 78.1 cm³/mol. The zero-order chi connectivity index (χ0) is 14.5. The minimum Gasteiger partial charge on any atom is -0.399 e. The lowest BCUT2D eigenvalue weighted by molar-refractivity contribution is 0.101. The number of nitrogens with two attached hydrogens (primary N) is 1. The molecule has 0 amide bonds. The summed E-state index contributed by atoms with van der Waals surface area (Å²) in [6.45, 7) is 8.24. The van der Waals surface area contributed by atoms with Crippen molar-refractivity contribution in [2.24, 2.45) is 5.92 Å². The number of ether oxygens (including phenoxy) is 1. The average Bonchev–Trinajstić information content (AvgIpc) is 2.82. The molecule has 0 aliphatic carbocycles. The number of tetrazole rings is 1. The van der Waals surface area contributed by atoms with Crippen LogP contribution in [0.3, 0.4) is 0 Å². The third kappa shape index (κ3) is 3.54. The maximum Gasteiger partial charge on any atom is 0.182 e. The van der Waals surface area contributed by atoms with Gasteiger partial charge < -0.3 is 10.5 Å². The monoisotopic (exact) mass is 275 g/mol. The number of rotatable bonds is 6. The van der Waals surface area contributed by atoms with Gasteiger partial charge in [0.25, 0.3) is 0 Å². The Morgan fingerprint density at radius 3 is 2.85 bits per heavy atom. The third-order valence-electron chi connectivity index (χ3n) is 2.92. The molecule has 1 aromatic carbocycles. The van der Waals surface area contributed by atoms with Crippen molar-refractivity contribution in [2.45, 2.75) is 27.3 Å². The number of nitrogens with zero attached hydrogens (tertiary/aromatic N) is 4. The van der Waals surface area contributed by atoms with E-state index in [2.05, 4.69) is 29.4 Å². The standard InChI is InChI=1S/C14H21N5O/c1-10(2)9-20-7-6-19-14(16-17-18-19)13-5-4-12(15)8-11(13)3/h4-5,8,10H,6-7,9,15H2,1-3H3. The van der Waals surface area contributed by atoms with Gasteiger partial charge in [0.2, 0.25) is 0 Å². The molecule has 6 nitrogen and oxygen atoms in total. The van der Waals surface area contributed by atoms with Crippen LogP contribution in [0.15, 0.2) is 18.2 Å². The first-order valence-electron chi connectivity index (χ1n) is 6.78. The van der Waals surface area contributed by atoms with Crippen LogP contribution in [0, 0.1) is 12.8 Å². The van der Waals surface area contributed by atoms with Gasteiger partial charge in [-0.15, -0.1) is 5.10 Å². The van der Waals surface area contributed by atoms with Gasteiger partial charge in [-0.2, -0.15) is 0 Å². The minimum absolute atomic E-state index is 0.530. The van der Waals surface area contributed by atoms with Crippen LogP contribution in [0.2, 0.25) is 0 Å². The minimum atomic E-state index is 0.530. The maximum atomic E-state index is 5.77. The highest BCUT2D eigenvalue weighted by molar-refractivity contribution is 5.63. The molecular weight excluding hydrogens is 254 g/mol. The molecule has 0 saturated heterocycles. The normalized spacial score (nSPS) is 11.2. The molecule has 6 heteroatoms. The molecule has 108 valence electrons. The first-order valence-corrected chi connectivity index (χ1v) is 6.78.